The molecule has 0 fully saturated rings. The molecule has 4 aromatic carbocycles. The van der Waals surface area contributed by atoms with Crippen LogP contribution in [0.15, 0.2) is 109 Å². The van der Waals surface area contributed by atoms with Crippen LogP contribution in [-0.4, -0.2) is 6.04 Å². The molecule has 1 heterocycles. The molecule has 0 amide bonds. The lowest BCUT2D eigenvalue weighted by Gasteiger charge is -2.26. The number of anilines is 4. The van der Waals surface area contributed by atoms with E-state index < -0.39 is 0 Å². The van der Waals surface area contributed by atoms with Crippen molar-refractivity contribution in [2.24, 2.45) is 0 Å². The second-order valence-electron chi connectivity index (χ2n) is 9.29. The van der Waals surface area contributed by atoms with Gasteiger partial charge in [0.15, 0.2) is 0 Å². The van der Waals surface area contributed by atoms with Gasteiger partial charge in [-0.3, -0.25) is 0 Å². The Hall–Kier alpha value is -4.04. The van der Waals surface area contributed by atoms with E-state index in [1.807, 2.05) is 0 Å². The van der Waals surface area contributed by atoms with Crippen molar-refractivity contribution >= 4 is 33.9 Å². The lowest BCUT2D eigenvalue weighted by Crippen LogP contribution is -2.15. The van der Waals surface area contributed by atoms with Crippen molar-refractivity contribution in [3.63, 3.8) is 0 Å². The number of nitrogens with one attached hydrogen (secondary N) is 1. The van der Waals surface area contributed by atoms with Crippen LogP contribution in [0.3, 0.4) is 0 Å². The standard InChI is InChI=1S/C32H28N2/c1-22-7-14-26(15-8-22)34(27-16-9-23(2)10-17-27)28-18-11-24(12-19-28)25-13-20-32-30(21-25)29-5-3-4-6-31(29)33-32/h3-19,21,32-33H,20H2,1-2H3. The second-order valence-corrected chi connectivity index (χ2v) is 9.29. The summed E-state index contributed by atoms with van der Waals surface area (Å²) in [6.07, 6.45) is 5.73. The zero-order chi connectivity index (χ0) is 23.1. The molecule has 34 heavy (non-hydrogen) atoms. The molecule has 1 aliphatic heterocycles. The van der Waals surface area contributed by atoms with Crippen molar-refractivity contribution in [2.75, 3.05) is 10.2 Å². The van der Waals surface area contributed by atoms with E-state index in [0.29, 0.717) is 6.04 Å². The number of allylic oxidation sites excluding steroid dienone is 2. The Bertz CT molecular complexity index is 1350. The molecule has 4 aromatic rings. The van der Waals surface area contributed by atoms with E-state index in [1.165, 1.54) is 39.1 Å². The summed E-state index contributed by atoms with van der Waals surface area (Å²) in [6.45, 7) is 4.26. The van der Waals surface area contributed by atoms with Crippen LogP contribution in [0.5, 0.6) is 0 Å². The monoisotopic (exact) mass is 440 g/mol. The van der Waals surface area contributed by atoms with Gasteiger partial charge in [0.2, 0.25) is 0 Å². The Labute approximate surface area is 201 Å². The molecule has 2 aliphatic rings. The fourth-order valence-electron chi connectivity index (χ4n) is 4.99. The average molecular weight is 441 g/mol. The number of benzene rings is 4. The van der Waals surface area contributed by atoms with Crippen molar-refractivity contribution < 1.29 is 0 Å². The van der Waals surface area contributed by atoms with Gasteiger partial charge in [-0.1, -0.05) is 71.8 Å². The van der Waals surface area contributed by atoms with Crippen LogP contribution in [0, 0.1) is 13.8 Å². The largest absolute Gasteiger partial charge is 0.377 e. The predicted molar refractivity (Wildman–Crippen MR) is 145 cm³/mol. The Morgan fingerprint density at radius 1 is 0.676 bits per heavy atom. The van der Waals surface area contributed by atoms with Crippen LogP contribution in [-0.2, 0) is 0 Å². The summed E-state index contributed by atoms with van der Waals surface area (Å²) in [4.78, 5) is 2.32. The Morgan fingerprint density at radius 3 is 1.85 bits per heavy atom. The Morgan fingerprint density at radius 2 is 1.24 bits per heavy atom. The first-order chi connectivity index (χ1) is 16.7. The minimum atomic E-state index is 0.388. The molecule has 0 spiro atoms. The minimum Gasteiger partial charge on any atom is -0.377 e. The van der Waals surface area contributed by atoms with Crippen LogP contribution in [0.2, 0.25) is 0 Å². The fourth-order valence-corrected chi connectivity index (χ4v) is 4.99. The quantitative estimate of drug-likeness (QED) is 0.342. The lowest BCUT2D eigenvalue weighted by molar-refractivity contribution is 0.931. The SMILES string of the molecule is Cc1ccc(N(c2ccc(C)cc2)c2ccc(C3=CCC4Nc5ccccc5C4=C3)cc2)cc1. The van der Waals surface area contributed by atoms with Crippen LogP contribution < -0.4 is 10.2 Å². The topological polar surface area (TPSA) is 15.3 Å². The van der Waals surface area contributed by atoms with Crippen molar-refractivity contribution in [3.05, 3.63) is 131 Å². The number of fused-ring (bicyclic) bond motifs is 3. The summed E-state index contributed by atoms with van der Waals surface area (Å²) in [5.41, 5.74) is 12.6. The lowest BCUT2D eigenvalue weighted by atomic mass is 9.89. The normalized spacial score (nSPS) is 16.1. The number of nitrogens with zero attached hydrogens (tertiary/aromatic N) is 1. The van der Waals surface area contributed by atoms with Crippen molar-refractivity contribution in [2.45, 2.75) is 26.3 Å². The molecule has 0 aromatic heterocycles. The molecule has 2 heteroatoms. The number of hydrogen-bond acceptors (Lipinski definition) is 2. The number of aryl methyl sites for hydroxylation is 2. The molecule has 0 saturated carbocycles. The summed E-state index contributed by atoms with van der Waals surface area (Å²) in [5.74, 6) is 0. The van der Waals surface area contributed by atoms with E-state index in [1.54, 1.807) is 0 Å². The summed E-state index contributed by atoms with van der Waals surface area (Å²) < 4.78 is 0. The van der Waals surface area contributed by atoms with Crippen molar-refractivity contribution in [1.82, 2.24) is 0 Å². The maximum atomic E-state index is 3.66. The highest BCUT2D eigenvalue weighted by Crippen LogP contribution is 2.42. The highest BCUT2D eigenvalue weighted by atomic mass is 15.1. The molecule has 0 saturated heterocycles. The number of rotatable bonds is 4. The average Bonchev–Trinajstić information content (AvgIpc) is 3.25. The van der Waals surface area contributed by atoms with Gasteiger partial charge in [-0.15, -0.1) is 0 Å². The summed E-state index contributed by atoms with van der Waals surface area (Å²) in [5, 5.41) is 3.66. The Balaban J connectivity index is 1.35. The van der Waals surface area contributed by atoms with Crippen molar-refractivity contribution in [3.8, 4) is 0 Å². The van der Waals surface area contributed by atoms with E-state index in [0.717, 1.165) is 23.5 Å². The van der Waals surface area contributed by atoms with Gasteiger partial charge in [0, 0.05) is 28.3 Å². The van der Waals surface area contributed by atoms with E-state index in [9.17, 15) is 0 Å². The molecule has 2 nitrogen and oxygen atoms in total. The molecule has 6 rings (SSSR count). The van der Waals surface area contributed by atoms with Gasteiger partial charge in [0.05, 0.1) is 6.04 Å². The van der Waals surface area contributed by atoms with Crippen LogP contribution in [0.4, 0.5) is 22.7 Å². The van der Waals surface area contributed by atoms with Gasteiger partial charge in [-0.25, -0.2) is 0 Å². The van der Waals surface area contributed by atoms with Gasteiger partial charge in [-0.2, -0.15) is 0 Å². The van der Waals surface area contributed by atoms with Crippen molar-refractivity contribution in [1.29, 1.82) is 0 Å². The summed E-state index contributed by atoms with van der Waals surface area (Å²) >= 11 is 0. The van der Waals surface area contributed by atoms with Gasteiger partial charge in [0.25, 0.3) is 0 Å². The number of hydrogen-bond donors (Lipinski definition) is 1. The first-order valence-corrected chi connectivity index (χ1v) is 12.0. The molecule has 1 N–H and O–H groups in total. The van der Waals surface area contributed by atoms with Crippen LogP contribution in [0.25, 0.3) is 11.1 Å². The molecular weight excluding hydrogens is 412 g/mol. The second kappa shape index (κ2) is 8.39. The molecule has 1 unspecified atom stereocenters. The van der Waals surface area contributed by atoms with E-state index >= 15 is 0 Å². The smallest absolute Gasteiger partial charge is 0.0555 e. The molecule has 166 valence electrons. The third-order valence-electron chi connectivity index (χ3n) is 6.87. The Kier molecular flexibility index (Phi) is 5.07. The third-order valence-corrected chi connectivity index (χ3v) is 6.87. The number of para-hydroxylation sites is 1. The highest BCUT2D eigenvalue weighted by molar-refractivity contribution is 5.95. The zero-order valence-corrected chi connectivity index (χ0v) is 19.6. The van der Waals surface area contributed by atoms with Crippen LogP contribution in [0.1, 0.15) is 28.7 Å². The maximum Gasteiger partial charge on any atom is 0.0555 e. The zero-order valence-electron chi connectivity index (χ0n) is 19.6. The van der Waals surface area contributed by atoms with Gasteiger partial charge in [0.1, 0.15) is 0 Å². The summed E-state index contributed by atoms with van der Waals surface area (Å²) in [7, 11) is 0. The molecule has 1 aliphatic carbocycles. The highest BCUT2D eigenvalue weighted by Gasteiger charge is 2.27. The molecule has 0 bridgehead atoms. The van der Waals surface area contributed by atoms with E-state index in [4.69, 9.17) is 0 Å². The van der Waals surface area contributed by atoms with E-state index in [-0.39, 0.29) is 0 Å². The van der Waals surface area contributed by atoms with Crippen LogP contribution >= 0.6 is 0 Å². The fraction of sp³-hybridized carbons (Fsp3) is 0.125. The van der Waals surface area contributed by atoms with Gasteiger partial charge >= 0.3 is 0 Å². The maximum absolute atomic E-state index is 3.66. The molecule has 1 atom stereocenters. The summed E-state index contributed by atoms with van der Waals surface area (Å²) in [6, 6.07) is 35.5. The van der Waals surface area contributed by atoms with E-state index in [2.05, 4.69) is 133 Å². The third kappa shape index (κ3) is 3.72. The first-order valence-electron chi connectivity index (χ1n) is 12.0. The predicted octanol–water partition coefficient (Wildman–Crippen LogP) is 8.44. The minimum absolute atomic E-state index is 0.388. The van der Waals surface area contributed by atoms with Gasteiger partial charge in [-0.05, 0) is 85.5 Å². The molecule has 0 radical (unpaired) electrons. The van der Waals surface area contributed by atoms with Gasteiger partial charge < -0.3 is 10.2 Å². The molecular formula is C32H28N2. The first kappa shape index (κ1) is 20.6.